The lowest BCUT2D eigenvalue weighted by atomic mass is 10.1. The summed E-state index contributed by atoms with van der Waals surface area (Å²) in [6.45, 7) is 1.67. The van der Waals surface area contributed by atoms with E-state index in [1.54, 1.807) is 43.3 Å². The van der Waals surface area contributed by atoms with Gasteiger partial charge in [-0.15, -0.1) is 0 Å². The summed E-state index contributed by atoms with van der Waals surface area (Å²) >= 11 is 12.0. The molecule has 8 nitrogen and oxygen atoms in total. The normalized spacial score (nSPS) is 11.3. The topological polar surface area (TPSA) is 113 Å². The van der Waals surface area contributed by atoms with Crippen LogP contribution in [0.1, 0.15) is 23.0 Å². The monoisotopic (exact) mass is 417 g/mol. The number of carbonyl (C=O) groups is 1. The number of aromatic nitrogens is 2. The molecule has 0 saturated heterocycles. The van der Waals surface area contributed by atoms with Crippen molar-refractivity contribution in [2.24, 2.45) is 5.10 Å². The second-order valence-electron chi connectivity index (χ2n) is 5.73. The molecule has 142 valence electrons. The van der Waals surface area contributed by atoms with Crippen LogP contribution >= 0.6 is 23.2 Å². The number of carbonyl (C=O) groups excluding carboxylic acids is 1. The molecule has 1 heterocycles. The molecule has 0 fully saturated rings. The highest BCUT2D eigenvalue weighted by Crippen LogP contribution is 2.29. The predicted octanol–water partition coefficient (Wildman–Crippen LogP) is 4.45. The van der Waals surface area contributed by atoms with Gasteiger partial charge < -0.3 is 0 Å². The molecule has 3 aromatic rings. The molecule has 0 atom stereocenters. The van der Waals surface area contributed by atoms with Crippen molar-refractivity contribution in [2.45, 2.75) is 6.92 Å². The van der Waals surface area contributed by atoms with Gasteiger partial charge in [0.2, 0.25) is 0 Å². The minimum Gasteiger partial charge on any atom is -0.272 e. The highest BCUT2D eigenvalue weighted by Gasteiger charge is 2.13. The van der Waals surface area contributed by atoms with Crippen molar-refractivity contribution >= 4 is 40.5 Å². The number of nitrogens with zero attached hydrogens (tertiary/aromatic N) is 3. The number of nitrogens with one attached hydrogen (secondary N) is 2. The van der Waals surface area contributed by atoms with E-state index in [2.05, 4.69) is 20.7 Å². The van der Waals surface area contributed by atoms with E-state index in [4.69, 9.17) is 23.2 Å². The van der Waals surface area contributed by atoms with Crippen molar-refractivity contribution in [1.29, 1.82) is 0 Å². The Kier molecular flexibility index (Phi) is 5.72. The van der Waals surface area contributed by atoms with Gasteiger partial charge in [-0.1, -0.05) is 23.2 Å². The maximum Gasteiger partial charge on any atom is 0.289 e. The molecule has 2 N–H and O–H groups in total. The SMILES string of the molecule is CC(=NNC(=O)c1cc(-c2ccc(Cl)cc2Cl)n[nH]1)c1ccc([N+](=O)[O-])cc1. The Hall–Kier alpha value is -3.23. The number of rotatable bonds is 5. The fraction of sp³-hybridized carbons (Fsp3) is 0.0556. The van der Waals surface area contributed by atoms with Crippen LogP contribution < -0.4 is 5.43 Å². The second-order valence-corrected chi connectivity index (χ2v) is 6.58. The number of benzene rings is 2. The Morgan fingerprint density at radius 2 is 1.89 bits per heavy atom. The summed E-state index contributed by atoms with van der Waals surface area (Å²) in [7, 11) is 0. The fourth-order valence-electron chi connectivity index (χ4n) is 2.36. The van der Waals surface area contributed by atoms with Gasteiger partial charge in [0.1, 0.15) is 5.69 Å². The first-order valence-electron chi connectivity index (χ1n) is 7.95. The third-order valence-electron chi connectivity index (χ3n) is 3.85. The smallest absolute Gasteiger partial charge is 0.272 e. The van der Waals surface area contributed by atoms with Crippen molar-refractivity contribution in [3.05, 3.63) is 79.9 Å². The van der Waals surface area contributed by atoms with Crippen LogP contribution in [0.4, 0.5) is 5.69 Å². The lowest BCUT2D eigenvalue weighted by Gasteiger charge is -2.02. The number of hydrazone groups is 1. The van der Waals surface area contributed by atoms with Crippen molar-refractivity contribution in [2.75, 3.05) is 0 Å². The van der Waals surface area contributed by atoms with Gasteiger partial charge >= 0.3 is 0 Å². The average Bonchev–Trinajstić information content (AvgIpc) is 3.15. The standard InChI is InChI=1S/C18H13Cl2N5O3/c1-10(11-2-5-13(6-3-11)25(27)28)21-24-18(26)17-9-16(22-23-17)14-7-4-12(19)8-15(14)20/h2-9H,1H3,(H,22,23)(H,24,26). The summed E-state index contributed by atoms with van der Waals surface area (Å²) in [5.41, 5.74) is 4.84. The van der Waals surface area contributed by atoms with E-state index in [0.717, 1.165) is 0 Å². The van der Waals surface area contributed by atoms with Crippen molar-refractivity contribution < 1.29 is 9.72 Å². The van der Waals surface area contributed by atoms with Gasteiger partial charge in [-0.05, 0) is 48.9 Å². The number of H-pyrrole nitrogens is 1. The molecule has 0 aliphatic carbocycles. The summed E-state index contributed by atoms with van der Waals surface area (Å²) in [4.78, 5) is 22.5. The average molecular weight is 418 g/mol. The zero-order valence-corrected chi connectivity index (χ0v) is 16.0. The third-order valence-corrected chi connectivity index (χ3v) is 4.40. The fourth-order valence-corrected chi connectivity index (χ4v) is 2.86. The quantitative estimate of drug-likeness (QED) is 0.362. The summed E-state index contributed by atoms with van der Waals surface area (Å²) in [6, 6.07) is 12.4. The molecule has 28 heavy (non-hydrogen) atoms. The molecule has 0 aliphatic heterocycles. The summed E-state index contributed by atoms with van der Waals surface area (Å²) in [5, 5.41) is 22.3. The molecular formula is C18H13Cl2N5O3. The molecule has 1 aromatic heterocycles. The van der Waals surface area contributed by atoms with Crippen LogP contribution in [0.3, 0.4) is 0 Å². The van der Waals surface area contributed by atoms with Crippen LogP contribution in [-0.4, -0.2) is 26.7 Å². The van der Waals surface area contributed by atoms with Gasteiger partial charge in [0.05, 0.1) is 21.4 Å². The molecule has 0 aliphatic rings. The molecule has 0 spiro atoms. The van der Waals surface area contributed by atoms with Crippen molar-refractivity contribution in [1.82, 2.24) is 15.6 Å². The van der Waals surface area contributed by atoms with Crippen LogP contribution in [0.2, 0.25) is 10.0 Å². The highest BCUT2D eigenvalue weighted by atomic mass is 35.5. The lowest BCUT2D eigenvalue weighted by Crippen LogP contribution is -2.19. The van der Waals surface area contributed by atoms with E-state index in [1.165, 1.54) is 12.1 Å². The number of nitro benzene ring substituents is 1. The van der Waals surface area contributed by atoms with Crippen LogP contribution in [0.25, 0.3) is 11.3 Å². The zero-order chi connectivity index (χ0) is 20.3. The largest absolute Gasteiger partial charge is 0.289 e. The minimum atomic E-state index is -0.495. The lowest BCUT2D eigenvalue weighted by molar-refractivity contribution is -0.384. The first-order valence-corrected chi connectivity index (χ1v) is 8.71. The highest BCUT2D eigenvalue weighted by molar-refractivity contribution is 6.36. The van der Waals surface area contributed by atoms with Gasteiger partial charge in [-0.3, -0.25) is 20.0 Å². The first kappa shape index (κ1) is 19.5. The van der Waals surface area contributed by atoms with E-state index in [-0.39, 0.29) is 11.4 Å². The number of aromatic amines is 1. The van der Waals surface area contributed by atoms with Crippen molar-refractivity contribution in [3.63, 3.8) is 0 Å². The minimum absolute atomic E-state index is 0.0218. The first-order chi connectivity index (χ1) is 13.3. The Morgan fingerprint density at radius 1 is 1.18 bits per heavy atom. The van der Waals surface area contributed by atoms with Gasteiger partial charge in [0, 0.05) is 22.7 Å². The Bertz CT molecular complexity index is 1080. The Morgan fingerprint density at radius 3 is 2.54 bits per heavy atom. The van der Waals surface area contributed by atoms with Crippen LogP contribution in [-0.2, 0) is 0 Å². The molecule has 10 heteroatoms. The molecule has 0 saturated carbocycles. The number of hydrogen-bond donors (Lipinski definition) is 2. The van der Waals surface area contributed by atoms with E-state index < -0.39 is 10.8 Å². The number of non-ortho nitro benzene ring substituents is 1. The number of nitro groups is 1. The van der Waals surface area contributed by atoms with Gasteiger partial charge in [-0.25, -0.2) is 5.43 Å². The molecule has 1 amide bonds. The molecule has 2 aromatic carbocycles. The van der Waals surface area contributed by atoms with E-state index in [1.807, 2.05) is 0 Å². The van der Waals surface area contributed by atoms with Crippen LogP contribution in [0.5, 0.6) is 0 Å². The van der Waals surface area contributed by atoms with Crippen molar-refractivity contribution in [3.8, 4) is 11.3 Å². The van der Waals surface area contributed by atoms with E-state index in [0.29, 0.717) is 32.6 Å². The molecular weight excluding hydrogens is 405 g/mol. The maximum absolute atomic E-state index is 12.3. The van der Waals surface area contributed by atoms with Gasteiger partial charge in [0.25, 0.3) is 11.6 Å². The molecule has 0 radical (unpaired) electrons. The number of halogens is 2. The summed E-state index contributed by atoms with van der Waals surface area (Å²) in [5.74, 6) is -0.495. The number of amides is 1. The Balaban J connectivity index is 1.72. The summed E-state index contributed by atoms with van der Waals surface area (Å²) in [6.07, 6.45) is 0. The zero-order valence-electron chi connectivity index (χ0n) is 14.4. The molecule has 0 bridgehead atoms. The molecule has 3 rings (SSSR count). The Labute approximate surface area is 169 Å². The summed E-state index contributed by atoms with van der Waals surface area (Å²) < 4.78 is 0. The van der Waals surface area contributed by atoms with E-state index >= 15 is 0 Å². The maximum atomic E-state index is 12.3. The molecule has 0 unspecified atom stereocenters. The van der Waals surface area contributed by atoms with Crippen LogP contribution in [0.15, 0.2) is 53.6 Å². The van der Waals surface area contributed by atoms with Gasteiger partial charge in [-0.2, -0.15) is 10.2 Å². The second kappa shape index (κ2) is 8.20. The van der Waals surface area contributed by atoms with Crippen LogP contribution in [0, 0.1) is 10.1 Å². The van der Waals surface area contributed by atoms with E-state index in [9.17, 15) is 14.9 Å². The van der Waals surface area contributed by atoms with Gasteiger partial charge in [0.15, 0.2) is 0 Å². The third kappa shape index (κ3) is 4.36. The predicted molar refractivity (Wildman–Crippen MR) is 107 cm³/mol. The number of hydrogen-bond acceptors (Lipinski definition) is 5.